The van der Waals surface area contributed by atoms with Crippen molar-refractivity contribution >= 4 is 11.9 Å². The van der Waals surface area contributed by atoms with Gasteiger partial charge in [0.05, 0.1) is 7.11 Å². The van der Waals surface area contributed by atoms with Crippen LogP contribution in [0, 0.1) is 0 Å². The van der Waals surface area contributed by atoms with Gasteiger partial charge in [0.1, 0.15) is 6.04 Å². The molecule has 1 saturated heterocycles. The smallest absolute Gasteiger partial charge is 0.328 e. The molecule has 1 aliphatic heterocycles. The number of hydrogen-bond donors (Lipinski definition) is 0. The van der Waals surface area contributed by atoms with Gasteiger partial charge in [-0.1, -0.05) is 31.4 Å². The zero-order valence-electron chi connectivity index (χ0n) is 14.5. The first-order valence-electron chi connectivity index (χ1n) is 9.19. The van der Waals surface area contributed by atoms with Crippen LogP contribution in [0.15, 0.2) is 24.3 Å². The summed E-state index contributed by atoms with van der Waals surface area (Å²) >= 11 is 0. The van der Waals surface area contributed by atoms with Crippen molar-refractivity contribution in [3.63, 3.8) is 0 Å². The average Bonchev–Trinajstić information content (AvgIpc) is 2.67. The maximum absolute atomic E-state index is 12.8. The number of hydrogen-bond acceptors (Lipinski definition) is 3. The van der Waals surface area contributed by atoms with E-state index < -0.39 is 6.04 Å². The second kappa shape index (κ2) is 7.82. The Labute approximate surface area is 144 Å². The summed E-state index contributed by atoms with van der Waals surface area (Å²) in [6.45, 7) is 0.628. The second-order valence-electron chi connectivity index (χ2n) is 6.99. The van der Waals surface area contributed by atoms with E-state index >= 15 is 0 Å². The number of carbonyl (C=O) groups is 2. The summed E-state index contributed by atoms with van der Waals surface area (Å²) < 4.78 is 4.87. The average molecular weight is 329 g/mol. The molecule has 1 unspecified atom stereocenters. The minimum atomic E-state index is -0.436. The van der Waals surface area contributed by atoms with Crippen LogP contribution in [0.3, 0.4) is 0 Å². The quantitative estimate of drug-likeness (QED) is 0.790. The molecule has 1 atom stereocenters. The Kier molecular flexibility index (Phi) is 5.54. The summed E-state index contributed by atoms with van der Waals surface area (Å²) in [5.74, 6) is 0.280. The number of amides is 1. The molecule has 1 heterocycles. The first-order valence-corrected chi connectivity index (χ1v) is 9.19. The van der Waals surface area contributed by atoms with Crippen molar-refractivity contribution in [2.45, 2.75) is 63.3 Å². The summed E-state index contributed by atoms with van der Waals surface area (Å²) in [5, 5.41) is 0. The number of nitrogens with zero attached hydrogens (tertiary/aromatic N) is 1. The van der Waals surface area contributed by atoms with Gasteiger partial charge in [-0.15, -0.1) is 0 Å². The first kappa shape index (κ1) is 17.0. The molecular weight excluding hydrogens is 302 g/mol. The normalized spacial score (nSPS) is 22.2. The Morgan fingerprint density at radius 2 is 1.62 bits per heavy atom. The number of likely N-dealkylation sites (tertiary alicyclic amines) is 1. The predicted molar refractivity (Wildman–Crippen MR) is 93.0 cm³/mol. The number of ether oxygens (including phenoxy) is 1. The SMILES string of the molecule is COC(=O)C1CCCCN1C(=O)c1ccc(C2CCCCC2)cc1. The third kappa shape index (κ3) is 3.63. The Morgan fingerprint density at radius 1 is 0.958 bits per heavy atom. The largest absolute Gasteiger partial charge is 0.467 e. The Hall–Kier alpha value is -1.84. The molecule has 0 N–H and O–H groups in total. The molecule has 0 bridgehead atoms. The highest BCUT2D eigenvalue weighted by atomic mass is 16.5. The number of piperidine rings is 1. The molecule has 24 heavy (non-hydrogen) atoms. The lowest BCUT2D eigenvalue weighted by molar-refractivity contribution is -0.147. The van der Waals surface area contributed by atoms with Gasteiger partial charge < -0.3 is 9.64 Å². The van der Waals surface area contributed by atoms with E-state index in [1.807, 2.05) is 12.1 Å². The predicted octanol–water partition coefficient (Wildman–Crippen LogP) is 3.90. The fraction of sp³-hybridized carbons (Fsp3) is 0.600. The highest BCUT2D eigenvalue weighted by Crippen LogP contribution is 2.32. The van der Waals surface area contributed by atoms with E-state index in [0.717, 1.165) is 12.8 Å². The molecule has 4 heteroatoms. The summed E-state index contributed by atoms with van der Waals surface area (Å²) in [4.78, 5) is 26.5. The van der Waals surface area contributed by atoms with Crippen molar-refractivity contribution in [3.05, 3.63) is 35.4 Å². The van der Waals surface area contributed by atoms with Crippen molar-refractivity contribution < 1.29 is 14.3 Å². The van der Waals surface area contributed by atoms with Crippen LogP contribution < -0.4 is 0 Å². The van der Waals surface area contributed by atoms with E-state index in [2.05, 4.69) is 12.1 Å². The third-order valence-corrected chi connectivity index (χ3v) is 5.47. The molecule has 0 spiro atoms. The fourth-order valence-corrected chi connectivity index (χ4v) is 4.06. The van der Waals surface area contributed by atoms with Crippen molar-refractivity contribution in [2.24, 2.45) is 0 Å². The number of esters is 1. The summed E-state index contributed by atoms with van der Waals surface area (Å²) in [6.07, 6.45) is 9.06. The van der Waals surface area contributed by atoms with Gasteiger partial charge >= 0.3 is 5.97 Å². The van der Waals surface area contributed by atoms with E-state index in [9.17, 15) is 9.59 Å². The lowest BCUT2D eigenvalue weighted by Gasteiger charge is -2.33. The van der Waals surface area contributed by atoms with Gasteiger partial charge in [0, 0.05) is 12.1 Å². The molecule has 4 nitrogen and oxygen atoms in total. The molecule has 2 fully saturated rings. The van der Waals surface area contributed by atoms with Crippen LogP contribution in [0.2, 0.25) is 0 Å². The first-order chi connectivity index (χ1) is 11.7. The standard InChI is InChI=1S/C20H27NO3/c1-24-20(23)18-9-5-6-14-21(18)19(22)17-12-10-16(11-13-17)15-7-3-2-4-8-15/h10-13,15,18H,2-9,14H2,1H3. The van der Waals surface area contributed by atoms with Crippen molar-refractivity contribution in [2.75, 3.05) is 13.7 Å². The third-order valence-electron chi connectivity index (χ3n) is 5.47. The Bertz CT molecular complexity index is 575. The molecular formula is C20H27NO3. The summed E-state index contributed by atoms with van der Waals surface area (Å²) in [6, 6.07) is 7.61. The molecule has 0 radical (unpaired) electrons. The van der Waals surface area contributed by atoms with Crippen molar-refractivity contribution in [1.29, 1.82) is 0 Å². The number of rotatable bonds is 3. The van der Waals surface area contributed by atoms with E-state index in [1.54, 1.807) is 4.90 Å². The van der Waals surface area contributed by atoms with Crippen molar-refractivity contribution in [1.82, 2.24) is 4.90 Å². The van der Waals surface area contributed by atoms with Crippen LogP contribution in [0.1, 0.15) is 73.2 Å². The zero-order valence-corrected chi connectivity index (χ0v) is 14.5. The maximum Gasteiger partial charge on any atom is 0.328 e. The van der Waals surface area contributed by atoms with Gasteiger partial charge in [0.2, 0.25) is 0 Å². The number of benzene rings is 1. The highest BCUT2D eigenvalue weighted by molar-refractivity contribution is 5.97. The van der Waals surface area contributed by atoms with Gasteiger partial charge in [0.15, 0.2) is 0 Å². The summed E-state index contributed by atoms with van der Waals surface area (Å²) in [5.41, 5.74) is 2.01. The van der Waals surface area contributed by atoms with Gasteiger partial charge in [0.25, 0.3) is 5.91 Å². The lowest BCUT2D eigenvalue weighted by atomic mass is 9.84. The van der Waals surface area contributed by atoms with Gasteiger partial charge in [-0.05, 0) is 55.7 Å². The lowest BCUT2D eigenvalue weighted by Crippen LogP contribution is -2.48. The molecule has 1 aliphatic carbocycles. The minimum absolute atomic E-state index is 0.0553. The Morgan fingerprint density at radius 3 is 2.29 bits per heavy atom. The zero-order chi connectivity index (χ0) is 16.9. The summed E-state index contributed by atoms with van der Waals surface area (Å²) in [7, 11) is 1.39. The van der Waals surface area contributed by atoms with Crippen LogP contribution in [0.4, 0.5) is 0 Å². The topological polar surface area (TPSA) is 46.6 Å². The van der Waals surface area contributed by atoms with Crippen LogP contribution in [0.25, 0.3) is 0 Å². The monoisotopic (exact) mass is 329 g/mol. The molecule has 1 amide bonds. The second-order valence-corrected chi connectivity index (χ2v) is 6.99. The molecule has 0 aromatic heterocycles. The Balaban J connectivity index is 1.72. The van der Waals surface area contributed by atoms with Crippen LogP contribution in [-0.4, -0.2) is 36.5 Å². The maximum atomic E-state index is 12.8. The van der Waals surface area contributed by atoms with Gasteiger partial charge in [-0.25, -0.2) is 4.79 Å². The van der Waals surface area contributed by atoms with E-state index in [0.29, 0.717) is 24.4 Å². The van der Waals surface area contributed by atoms with Crippen LogP contribution in [0.5, 0.6) is 0 Å². The fourth-order valence-electron chi connectivity index (χ4n) is 4.06. The highest BCUT2D eigenvalue weighted by Gasteiger charge is 2.33. The van der Waals surface area contributed by atoms with Gasteiger partial charge in [-0.2, -0.15) is 0 Å². The molecule has 2 aliphatic rings. The van der Waals surface area contributed by atoms with Gasteiger partial charge in [-0.3, -0.25) is 4.79 Å². The molecule has 3 rings (SSSR count). The minimum Gasteiger partial charge on any atom is -0.467 e. The number of carbonyl (C=O) groups excluding carboxylic acids is 2. The molecule has 1 saturated carbocycles. The van der Waals surface area contributed by atoms with E-state index in [4.69, 9.17) is 4.74 Å². The van der Waals surface area contributed by atoms with Crippen LogP contribution >= 0.6 is 0 Å². The van der Waals surface area contributed by atoms with E-state index in [-0.39, 0.29) is 11.9 Å². The van der Waals surface area contributed by atoms with Crippen LogP contribution in [-0.2, 0) is 9.53 Å². The number of methoxy groups -OCH3 is 1. The molecule has 1 aromatic rings. The molecule has 1 aromatic carbocycles. The van der Waals surface area contributed by atoms with Crippen molar-refractivity contribution in [3.8, 4) is 0 Å². The molecule has 130 valence electrons. The van der Waals surface area contributed by atoms with E-state index in [1.165, 1.54) is 44.8 Å².